The van der Waals surface area contributed by atoms with Gasteiger partial charge in [0, 0.05) is 38.0 Å². The fourth-order valence-corrected chi connectivity index (χ4v) is 5.14. The molecule has 0 saturated carbocycles. The zero-order valence-electron chi connectivity index (χ0n) is 15.7. The fourth-order valence-electron chi connectivity index (χ4n) is 3.75. The third kappa shape index (κ3) is 4.31. The number of amides is 2. The first-order valence-corrected chi connectivity index (χ1v) is 10.9. The number of sulfone groups is 1. The summed E-state index contributed by atoms with van der Waals surface area (Å²) in [6, 6.07) is 5.34. The Morgan fingerprint density at radius 3 is 2.00 bits per heavy atom. The van der Waals surface area contributed by atoms with Gasteiger partial charge in [-0.3, -0.25) is 9.59 Å². The number of rotatable bonds is 3. The number of piperazine rings is 1. The van der Waals surface area contributed by atoms with Gasteiger partial charge < -0.3 is 15.1 Å². The van der Waals surface area contributed by atoms with E-state index >= 15 is 0 Å². The molecule has 2 amide bonds. The van der Waals surface area contributed by atoms with E-state index in [0.29, 0.717) is 31.7 Å². The van der Waals surface area contributed by atoms with Crippen LogP contribution in [0, 0.1) is 5.82 Å². The lowest BCUT2D eigenvalue weighted by Crippen LogP contribution is -2.61. The van der Waals surface area contributed by atoms with Crippen LogP contribution in [0.1, 0.15) is 23.2 Å². The molecule has 0 aromatic heterocycles. The summed E-state index contributed by atoms with van der Waals surface area (Å²) in [4.78, 5) is 28.7. The Morgan fingerprint density at radius 2 is 1.50 bits per heavy atom. The van der Waals surface area contributed by atoms with Gasteiger partial charge in [-0.05, 0) is 50.2 Å². The lowest BCUT2D eigenvalue weighted by Gasteiger charge is -2.42. The van der Waals surface area contributed by atoms with Crippen molar-refractivity contribution in [1.82, 2.24) is 15.1 Å². The average Bonchev–Trinajstić information content (AvgIpc) is 2.67. The highest BCUT2D eigenvalue weighted by atomic mass is 35.5. The largest absolute Gasteiger partial charge is 0.338 e. The first-order valence-electron chi connectivity index (χ1n) is 8.99. The monoisotopic (exact) mass is 433 g/mol. The van der Waals surface area contributed by atoms with E-state index in [9.17, 15) is 22.4 Å². The molecule has 2 fully saturated rings. The maximum Gasteiger partial charge on any atom is 0.253 e. The molecule has 0 radical (unpaired) electrons. The van der Waals surface area contributed by atoms with E-state index in [1.807, 2.05) is 0 Å². The van der Waals surface area contributed by atoms with Crippen LogP contribution < -0.4 is 5.32 Å². The highest BCUT2D eigenvalue weighted by Gasteiger charge is 2.50. The molecule has 0 atom stereocenters. The Labute approximate surface area is 170 Å². The summed E-state index contributed by atoms with van der Waals surface area (Å²) in [6.45, 7) is 2.19. The van der Waals surface area contributed by atoms with Gasteiger partial charge in [0.1, 0.15) is 5.82 Å². The molecule has 1 aromatic carbocycles. The number of piperidine rings is 1. The van der Waals surface area contributed by atoms with E-state index in [4.69, 9.17) is 0 Å². The number of halogens is 2. The second-order valence-corrected chi connectivity index (χ2v) is 9.43. The average molecular weight is 434 g/mol. The van der Waals surface area contributed by atoms with Crippen LogP contribution in [0.15, 0.2) is 24.3 Å². The minimum absolute atomic E-state index is 0. The lowest BCUT2D eigenvalue weighted by atomic mass is 9.94. The zero-order valence-corrected chi connectivity index (χ0v) is 17.3. The number of carbonyl (C=O) groups excluding carboxylic acids is 2. The predicted octanol–water partition coefficient (Wildman–Crippen LogP) is 0.699. The summed E-state index contributed by atoms with van der Waals surface area (Å²) in [6.07, 6.45) is 1.66. The first-order chi connectivity index (χ1) is 12.7. The molecule has 28 heavy (non-hydrogen) atoms. The highest BCUT2D eigenvalue weighted by Crippen LogP contribution is 2.30. The summed E-state index contributed by atoms with van der Waals surface area (Å²) >= 11 is 0. The van der Waals surface area contributed by atoms with E-state index in [2.05, 4.69) is 5.32 Å². The van der Waals surface area contributed by atoms with Gasteiger partial charge in [-0.25, -0.2) is 12.8 Å². The SMILES string of the molecule is CS(=O)(=O)C1(C(=O)N2CCN(C(=O)c3ccc(F)cc3)CC2)CCNCC1.Cl. The number of nitrogens with one attached hydrogen (secondary N) is 1. The van der Waals surface area contributed by atoms with E-state index in [0.717, 1.165) is 6.26 Å². The van der Waals surface area contributed by atoms with E-state index in [1.54, 1.807) is 9.80 Å². The van der Waals surface area contributed by atoms with Crippen LogP contribution in [0.25, 0.3) is 0 Å². The van der Waals surface area contributed by atoms with Crippen molar-refractivity contribution in [2.45, 2.75) is 17.6 Å². The van der Waals surface area contributed by atoms with Gasteiger partial charge in [0.25, 0.3) is 5.91 Å². The number of hydrogen-bond acceptors (Lipinski definition) is 5. The van der Waals surface area contributed by atoms with Gasteiger partial charge in [0.2, 0.25) is 5.91 Å². The highest BCUT2D eigenvalue weighted by molar-refractivity contribution is 7.92. The quantitative estimate of drug-likeness (QED) is 0.758. The first kappa shape index (κ1) is 22.6. The smallest absolute Gasteiger partial charge is 0.253 e. The molecule has 1 aromatic rings. The van der Waals surface area contributed by atoms with Crippen molar-refractivity contribution in [3.63, 3.8) is 0 Å². The minimum Gasteiger partial charge on any atom is -0.338 e. The molecule has 156 valence electrons. The number of nitrogens with zero attached hydrogens (tertiary/aromatic N) is 2. The maximum absolute atomic E-state index is 13.1. The third-order valence-corrected chi connectivity index (χ3v) is 7.46. The molecule has 2 heterocycles. The molecule has 2 saturated heterocycles. The second-order valence-electron chi connectivity index (χ2n) is 7.11. The Balaban J connectivity index is 0.00000280. The van der Waals surface area contributed by atoms with E-state index < -0.39 is 20.4 Å². The van der Waals surface area contributed by atoms with Gasteiger partial charge in [0.05, 0.1) is 0 Å². The van der Waals surface area contributed by atoms with Crippen LogP contribution in [-0.4, -0.2) is 80.3 Å². The van der Waals surface area contributed by atoms with Crippen molar-refractivity contribution < 1.29 is 22.4 Å². The molecule has 1 N–H and O–H groups in total. The van der Waals surface area contributed by atoms with Crippen molar-refractivity contribution in [3.8, 4) is 0 Å². The molecule has 0 bridgehead atoms. The molecule has 2 aliphatic rings. The molecule has 3 rings (SSSR count). The Morgan fingerprint density at radius 1 is 1.00 bits per heavy atom. The van der Waals surface area contributed by atoms with E-state index in [-0.39, 0.29) is 50.2 Å². The molecular formula is C18H25ClFN3O4S. The van der Waals surface area contributed by atoms with Gasteiger partial charge in [0.15, 0.2) is 14.6 Å². The van der Waals surface area contributed by atoms with Crippen molar-refractivity contribution in [3.05, 3.63) is 35.6 Å². The van der Waals surface area contributed by atoms with Gasteiger partial charge in [-0.2, -0.15) is 0 Å². The van der Waals surface area contributed by atoms with Crippen LogP contribution in [-0.2, 0) is 14.6 Å². The van der Waals surface area contributed by atoms with Crippen molar-refractivity contribution in [2.24, 2.45) is 0 Å². The van der Waals surface area contributed by atoms with Gasteiger partial charge in [-0.15, -0.1) is 12.4 Å². The van der Waals surface area contributed by atoms with Crippen molar-refractivity contribution in [2.75, 3.05) is 45.5 Å². The zero-order chi connectivity index (χ0) is 19.7. The molecular weight excluding hydrogens is 409 g/mol. The summed E-state index contributed by atoms with van der Waals surface area (Å²) in [5.41, 5.74) is 0.391. The fraction of sp³-hybridized carbons (Fsp3) is 0.556. The van der Waals surface area contributed by atoms with Crippen LogP contribution in [0.3, 0.4) is 0 Å². The van der Waals surface area contributed by atoms with Crippen molar-refractivity contribution in [1.29, 1.82) is 0 Å². The van der Waals surface area contributed by atoms with Crippen LogP contribution in [0.2, 0.25) is 0 Å². The second kappa shape index (κ2) is 8.75. The van der Waals surface area contributed by atoms with Gasteiger partial charge in [-0.1, -0.05) is 0 Å². The third-order valence-electron chi connectivity index (χ3n) is 5.46. The van der Waals surface area contributed by atoms with E-state index in [1.165, 1.54) is 24.3 Å². The Hall–Kier alpha value is -1.71. The van der Waals surface area contributed by atoms with Crippen LogP contribution >= 0.6 is 12.4 Å². The molecule has 10 heteroatoms. The summed E-state index contributed by atoms with van der Waals surface area (Å²) in [7, 11) is -3.56. The molecule has 7 nitrogen and oxygen atoms in total. The summed E-state index contributed by atoms with van der Waals surface area (Å²) in [5, 5.41) is 3.10. The van der Waals surface area contributed by atoms with Crippen LogP contribution in [0.4, 0.5) is 4.39 Å². The summed E-state index contributed by atoms with van der Waals surface area (Å²) in [5.74, 6) is -0.989. The van der Waals surface area contributed by atoms with Crippen LogP contribution in [0.5, 0.6) is 0 Å². The lowest BCUT2D eigenvalue weighted by molar-refractivity contribution is -0.136. The number of hydrogen-bond donors (Lipinski definition) is 1. The normalized spacial score (nSPS) is 19.6. The predicted molar refractivity (Wildman–Crippen MR) is 106 cm³/mol. The standard InChI is InChI=1S/C18H24FN3O4S.ClH/c1-27(25,26)18(6-8-20-9-7-18)17(24)22-12-10-21(11-13-22)16(23)14-2-4-15(19)5-3-14;/h2-5,20H,6-13H2,1H3;1H. The summed E-state index contributed by atoms with van der Waals surface area (Å²) < 4.78 is 36.5. The molecule has 0 spiro atoms. The molecule has 0 unspecified atom stereocenters. The Kier molecular flexibility index (Phi) is 7.06. The topological polar surface area (TPSA) is 86.8 Å². The number of benzene rings is 1. The van der Waals surface area contributed by atoms with Crippen molar-refractivity contribution >= 4 is 34.1 Å². The molecule has 0 aliphatic carbocycles. The van der Waals surface area contributed by atoms with Gasteiger partial charge >= 0.3 is 0 Å². The minimum atomic E-state index is -3.56. The Bertz CT molecular complexity index is 818. The number of carbonyl (C=O) groups is 2. The maximum atomic E-state index is 13.1. The molecule has 2 aliphatic heterocycles.